The Labute approximate surface area is 114 Å². The molecule has 0 aliphatic heterocycles. The van der Waals surface area contributed by atoms with E-state index in [1.54, 1.807) is 0 Å². The predicted octanol–water partition coefficient (Wildman–Crippen LogP) is 2.72. The van der Waals surface area contributed by atoms with Gasteiger partial charge in [-0.2, -0.15) is 0 Å². The largest absolute Gasteiger partial charge is 0.331 e. The van der Waals surface area contributed by atoms with Gasteiger partial charge in [-0.25, -0.2) is 4.79 Å². The number of nitrogens with one attached hydrogen (secondary N) is 2. The highest BCUT2D eigenvalue weighted by atomic mass is 16.2. The Morgan fingerprint density at radius 2 is 2.11 bits per heavy atom. The lowest BCUT2D eigenvalue weighted by Crippen LogP contribution is -2.60. The molecule has 2 unspecified atom stereocenters. The molecule has 2 atom stereocenters. The normalized spacial score (nSPS) is 26.7. The van der Waals surface area contributed by atoms with Crippen LogP contribution in [0.4, 0.5) is 10.5 Å². The van der Waals surface area contributed by atoms with Crippen LogP contribution >= 0.6 is 0 Å². The summed E-state index contributed by atoms with van der Waals surface area (Å²) in [4.78, 5) is 12.1. The zero-order valence-corrected chi connectivity index (χ0v) is 11.5. The molecule has 1 aromatic carbocycles. The Morgan fingerprint density at radius 1 is 1.37 bits per heavy atom. The smallest absolute Gasteiger partial charge is 0.319 e. The number of carbonyl (C=O) groups excluding carboxylic acids is 1. The van der Waals surface area contributed by atoms with E-state index in [-0.39, 0.29) is 11.6 Å². The fraction of sp³-hybridized carbons (Fsp3) is 0.533. The van der Waals surface area contributed by atoms with Crippen molar-refractivity contribution in [3.8, 4) is 0 Å². The third-order valence-corrected chi connectivity index (χ3v) is 4.21. The summed E-state index contributed by atoms with van der Waals surface area (Å²) >= 11 is 0. The van der Waals surface area contributed by atoms with Gasteiger partial charge in [0.05, 0.1) is 5.54 Å². The zero-order valence-electron chi connectivity index (χ0n) is 11.5. The van der Waals surface area contributed by atoms with Crippen molar-refractivity contribution in [1.82, 2.24) is 5.32 Å². The second kappa shape index (κ2) is 6.06. The van der Waals surface area contributed by atoms with Crippen LogP contribution in [-0.2, 0) is 0 Å². The topological polar surface area (TPSA) is 67.1 Å². The molecule has 1 fully saturated rings. The number of carbonyl (C=O) groups is 1. The summed E-state index contributed by atoms with van der Waals surface area (Å²) in [6.45, 7) is 2.67. The molecule has 2 amide bonds. The minimum atomic E-state index is -0.253. The van der Waals surface area contributed by atoms with Gasteiger partial charge in [0, 0.05) is 12.2 Å². The van der Waals surface area contributed by atoms with Crippen LogP contribution in [0.3, 0.4) is 0 Å². The highest BCUT2D eigenvalue weighted by molar-refractivity contribution is 5.89. The third-order valence-electron chi connectivity index (χ3n) is 4.21. The quantitative estimate of drug-likeness (QED) is 0.783. The van der Waals surface area contributed by atoms with Gasteiger partial charge < -0.3 is 16.4 Å². The predicted molar refractivity (Wildman–Crippen MR) is 78.0 cm³/mol. The molecule has 0 heterocycles. The summed E-state index contributed by atoms with van der Waals surface area (Å²) in [6.07, 6.45) is 4.45. The van der Waals surface area contributed by atoms with E-state index >= 15 is 0 Å². The molecule has 2 rings (SSSR count). The van der Waals surface area contributed by atoms with Gasteiger partial charge in [0.15, 0.2) is 0 Å². The molecule has 0 spiro atoms. The van der Waals surface area contributed by atoms with Crippen molar-refractivity contribution in [2.45, 2.75) is 38.1 Å². The van der Waals surface area contributed by atoms with Crippen molar-refractivity contribution in [2.24, 2.45) is 11.7 Å². The summed E-state index contributed by atoms with van der Waals surface area (Å²) in [5.41, 5.74) is 6.48. The van der Waals surface area contributed by atoms with Gasteiger partial charge in [-0.15, -0.1) is 0 Å². The molecule has 1 aliphatic rings. The number of rotatable bonds is 3. The molecule has 104 valence electrons. The number of benzene rings is 1. The molecule has 4 nitrogen and oxygen atoms in total. The molecule has 0 aromatic heterocycles. The average molecular weight is 261 g/mol. The maximum atomic E-state index is 12.1. The lowest BCUT2D eigenvalue weighted by Gasteiger charge is -2.42. The third kappa shape index (κ3) is 3.26. The SMILES string of the molecule is CC1CCCCC1(CN)NC(=O)Nc1ccccc1. The summed E-state index contributed by atoms with van der Waals surface area (Å²) < 4.78 is 0. The lowest BCUT2D eigenvalue weighted by molar-refractivity contribution is 0.166. The highest BCUT2D eigenvalue weighted by Gasteiger charge is 2.38. The second-order valence-electron chi connectivity index (χ2n) is 5.45. The number of anilines is 1. The molecule has 1 aromatic rings. The average Bonchev–Trinajstić information content (AvgIpc) is 2.42. The number of hydrogen-bond donors (Lipinski definition) is 3. The first-order valence-electron chi connectivity index (χ1n) is 7.00. The first-order valence-corrected chi connectivity index (χ1v) is 7.00. The molecule has 4 heteroatoms. The van der Waals surface area contributed by atoms with Crippen LogP contribution in [0.2, 0.25) is 0 Å². The standard InChI is InChI=1S/C15H23N3O/c1-12-7-5-6-10-15(12,11-16)18-14(19)17-13-8-3-2-4-9-13/h2-4,8-9,12H,5-7,10-11,16H2,1H3,(H2,17,18,19). The van der Waals surface area contributed by atoms with Crippen LogP contribution in [0.25, 0.3) is 0 Å². The van der Waals surface area contributed by atoms with Crippen LogP contribution in [0.1, 0.15) is 32.6 Å². The Morgan fingerprint density at radius 3 is 2.74 bits per heavy atom. The lowest BCUT2D eigenvalue weighted by atomic mass is 9.73. The van der Waals surface area contributed by atoms with Crippen LogP contribution in [0.5, 0.6) is 0 Å². The van der Waals surface area contributed by atoms with E-state index in [2.05, 4.69) is 17.6 Å². The van der Waals surface area contributed by atoms with E-state index < -0.39 is 0 Å². The van der Waals surface area contributed by atoms with Crippen molar-refractivity contribution in [1.29, 1.82) is 0 Å². The van der Waals surface area contributed by atoms with E-state index in [1.807, 2.05) is 30.3 Å². The van der Waals surface area contributed by atoms with Crippen LogP contribution in [0, 0.1) is 5.92 Å². The maximum Gasteiger partial charge on any atom is 0.319 e. The fourth-order valence-electron chi connectivity index (χ4n) is 2.86. The zero-order chi connectivity index (χ0) is 13.7. The minimum absolute atomic E-state index is 0.162. The number of amides is 2. The molecule has 19 heavy (non-hydrogen) atoms. The first kappa shape index (κ1) is 13.9. The first-order chi connectivity index (χ1) is 9.16. The summed E-state index contributed by atoms with van der Waals surface area (Å²) in [6, 6.07) is 9.31. The summed E-state index contributed by atoms with van der Waals surface area (Å²) in [7, 11) is 0. The van der Waals surface area contributed by atoms with Crippen LogP contribution in [-0.4, -0.2) is 18.1 Å². The van der Waals surface area contributed by atoms with Crippen molar-refractivity contribution >= 4 is 11.7 Å². The number of urea groups is 1. The highest BCUT2D eigenvalue weighted by Crippen LogP contribution is 2.32. The molecule has 0 bridgehead atoms. The van der Waals surface area contributed by atoms with E-state index in [9.17, 15) is 4.79 Å². The number of para-hydroxylation sites is 1. The number of nitrogens with two attached hydrogens (primary N) is 1. The molecule has 0 radical (unpaired) electrons. The Hall–Kier alpha value is -1.55. The van der Waals surface area contributed by atoms with Gasteiger partial charge in [0.25, 0.3) is 0 Å². The number of hydrogen-bond acceptors (Lipinski definition) is 2. The Bertz CT molecular complexity index is 421. The van der Waals surface area contributed by atoms with Gasteiger partial charge in [-0.3, -0.25) is 0 Å². The van der Waals surface area contributed by atoms with E-state index in [0.717, 1.165) is 24.9 Å². The van der Waals surface area contributed by atoms with Crippen molar-refractivity contribution in [3.05, 3.63) is 30.3 Å². The van der Waals surface area contributed by atoms with Gasteiger partial charge in [0.2, 0.25) is 0 Å². The Balaban J connectivity index is 2.00. The molecule has 0 saturated heterocycles. The van der Waals surface area contributed by atoms with E-state index in [0.29, 0.717) is 12.5 Å². The van der Waals surface area contributed by atoms with Crippen molar-refractivity contribution in [2.75, 3.05) is 11.9 Å². The summed E-state index contributed by atoms with van der Waals surface area (Å²) in [5.74, 6) is 0.424. The molecular formula is C15H23N3O. The fourth-order valence-corrected chi connectivity index (χ4v) is 2.86. The molecule has 1 saturated carbocycles. The van der Waals surface area contributed by atoms with E-state index in [1.165, 1.54) is 6.42 Å². The maximum absolute atomic E-state index is 12.1. The van der Waals surface area contributed by atoms with Gasteiger partial charge in [-0.05, 0) is 30.9 Å². The molecule has 1 aliphatic carbocycles. The van der Waals surface area contributed by atoms with Crippen molar-refractivity contribution < 1.29 is 4.79 Å². The monoisotopic (exact) mass is 261 g/mol. The molecular weight excluding hydrogens is 238 g/mol. The second-order valence-corrected chi connectivity index (χ2v) is 5.45. The van der Waals surface area contributed by atoms with Gasteiger partial charge in [-0.1, -0.05) is 38.0 Å². The Kier molecular flexibility index (Phi) is 4.43. The van der Waals surface area contributed by atoms with Crippen LogP contribution < -0.4 is 16.4 Å². The van der Waals surface area contributed by atoms with E-state index in [4.69, 9.17) is 5.73 Å². The minimum Gasteiger partial charge on any atom is -0.331 e. The molecule has 4 N–H and O–H groups in total. The van der Waals surface area contributed by atoms with Gasteiger partial charge in [0.1, 0.15) is 0 Å². The summed E-state index contributed by atoms with van der Waals surface area (Å²) in [5, 5.41) is 5.97. The van der Waals surface area contributed by atoms with Crippen LogP contribution in [0.15, 0.2) is 30.3 Å². The van der Waals surface area contributed by atoms with Gasteiger partial charge >= 0.3 is 6.03 Å². The van der Waals surface area contributed by atoms with Crippen molar-refractivity contribution in [3.63, 3.8) is 0 Å².